The van der Waals surface area contributed by atoms with Crippen molar-refractivity contribution in [2.75, 3.05) is 6.54 Å². The number of hydrogen-bond donors (Lipinski definition) is 2. The van der Waals surface area contributed by atoms with Crippen LogP contribution in [0.15, 0.2) is 0 Å². The summed E-state index contributed by atoms with van der Waals surface area (Å²) in [6.45, 7) is 13.1. The Labute approximate surface area is 177 Å². The molecule has 0 saturated heterocycles. The molecule has 0 aliphatic carbocycles. The average Bonchev–Trinajstić information content (AvgIpc) is 2.60. The Kier molecular flexibility index (Phi) is 16.0. The van der Waals surface area contributed by atoms with Gasteiger partial charge in [0.2, 0.25) is 11.8 Å². The first-order valence-corrected chi connectivity index (χ1v) is 10.6. The van der Waals surface area contributed by atoms with E-state index in [4.69, 9.17) is 9.59 Å². The third-order valence-electron chi connectivity index (χ3n) is 3.92. The number of amides is 2. The summed E-state index contributed by atoms with van der Waals surface area (Å²) in [5, 5.41) is 5.55. The predicted octanol–water partition coefficient (Wildman–Crippen LogP) is 1.76. The Morgan fingerprint density at radius 2 is 1.45 bits per heavy atom. The van der Waals surface area contributed by atoms with Crippen molar-refractivity contribution in [1.82, 2.24) is 10.6 Å². The van der Waals surface area contributed by atoms with Gasteiger partial charge in [-0.2, -0.15) is 9.59 Å². The van der Waals surface area contributed by atoms with Gasteiger partial charge >= 0.3 is 6.15 Å². The molecule has 0 bridgehead atoms. The molecule has 29 heavy (non-hydrogen) atoms. The van der Waals surface area contributed by atoms with Crippen LogP contribution in [0.3, 0.4) is 0 Å². The van der Waals surface area contributed by atoms with Crippen molar-refractivity contribution in [3.63, 3.8) is 0 Å². The fourth-order valence-corrected chi connectivity index (χ4v) is 3.48. The van der Waals surface area contributed by atoms with Crippen LogP contribution in [0.25, 0.3) is 0 Å². The highest BCUT2D eigenvalue weighted by molar-refractivity contribution is 8.01. The molecule has 1 unspecified atom stereocenters. The molecule has 0 spiro atoms. The van der Waals surface area contributed by atoms with Gasteiger partial charge in [-0.25, -0.2) is 0 Å². The molecule has 2 amide bonds. The highest BCUT2D eigenvalue weighted by Crippen LogP contribution is 2.16. The van der Waals surface area contributed by atoms with Gasteiger partial charge in [-0.1, -0.05) is 34.6 Å². The van der Waals surface area contributed by atoms with E-state index in [2.05, 4.69) is 10.6 Å². The minimum Gasteiger partial charge on any atom is -0.355 e. The molecule has 0 aliphatic heterocycles. The summed E-state index contributed by atoms with van der Waals surface area (Å²) in [6, 6.07) is -0.643. The molecule has 0 aromatic rings. The second-order valence-electron chi connectivity index (χ2n) is 7.37. The van der Waals surface area contributed by atoms with Crippen molar-refractivity contribution in [2.24, 2.45) is 11.8 Å². The standard InChI is InChI=1S/C19H34N2O4S.CO2/c1-11(2)18(24)13(5)10-16(22)14(6)21-17(23)8-9-20-19(25)15(7)26-12(3)4;2-1-3/h11-15H,8-10H2,1-7H3,(H,20,25)(H,21,23);/t13-,14+,15?;/m1./s1. The van der Waals surface area contributed by atoms with Crippen LogP contribution in [0.5, 0.6) is 0 Å². The van der Waals surface area contributed by atoms with E-state index in [1.807, 2.05) is 34.6 Å². The summed E-state index contributed by atoms with van der Waals surface area (Å²) in [5.74, 6) is -0.956. The van der Waals surface area contributed by atoms with Gasteiger partial charge in [0.15, 0.2) is 5.78 Å². The van der Waals surface area contributed by atoms with Crippen molar-refractivity contribution in [2.45, 2.75) is 77.8 Å². The molecular formula is C20H34N2O6S. The maximum absolute atomic E-state index is 12.2. The summed E-state index contributed by atoms with van der Waals surface area (Å²) < 4.78 is 0. The Bertz CT molecular complexity index is 586. The highest BCUT2D eigenvalue weighted by Gasteiger charge is 2.23. The van der Waals surface area contributed by atoms with Crippen molar-refractivity contribution < 1.29 is 28.8 Å². The molecule has 0 aromatic heterocycles. The lowest BCUT2D eigenvalue weighted by Crippen LogP contribution is -2.41. The summed E-state index contributed by atoms with van der Waals surface area (Å²) in [4.78, 5) is 64.1. The lowest BCUT2D eigenvalue weighted by atomic mass is 9.91. The molecule has 0 aliphatic rings. The van der Waals surface area contributed by atoms with E-state index >= 15 is 0 Å². The Balaban J connectivity index is 0. The summed E-state index contributed by atoms with van der Waals surface area (Å²) in [5.41, 5.74) is 0. The van der Waals surface area contributed by atoms with Crippen LogP contribution in [0.2, 0.25) is 0 Å². The fraction of sp³-hybridized carbons (Fsp3) is 0.750. The number of rotatable bonds is 12. The van der Waals surface area contributed by atoms with Crippen LogP contribution in [-0.2, 0) is 28.8 Å². The van der Waals surface area contributed by atoms with Crippen LogP contribution in [-0.4, -0.2) is 52.6 Å². The normalized spacial score (nSPS) is 13.4. The molecule has 0 radical (unpaired) electrons. The predicted molar refractivity (Wildman–Crippen MR) is 111 cm³/mol. The van der Waals surface area contributed by atoms with Crippen molar-refractivity contribution in [1.29, 1.82) is 0 Å². The number of carbonyl (C=O) groups is 4. The number of ketones is 2. The summed E-state index contributed by atoms with van der Waals surface area (Å²) >= 11 is 1.56. The first-order chi connectivity index (χ1) is 13.4. The lowest BCUT2D eigenvalue weighted by Gasteiger charge is -2.17. The van der Waals surface area contributed by atoms with Gasteiger partial charge in [-0.15, -0.1) is 11.8 Å². The van der Waals surface area contributed by atoms with E-state index in [9.17, 15) is 19.2 Å². The largest absolute Gasteiger partial charge is 0.373 e. The number of Topliss-reactive ketones (excluding diaryl/α,β-unsaturated/α-hetero) is 2. The van der Waals surface area contributed by atoms with Gasteiger partial charge in [0.25, 0.3) is 0 Å². The number of carbonyl (C=O) groups excluding carboxylic acids is 6. The monoisotopic (exact) mass is 430 g/mol. The van der Waals surface area contributed by atoms with Crippen LogP contribution in [0.4, 0.5) is 0 Å². The van der Waals surface area contributed by atoms with Crippen molar-refractivity contribution >= 4 is 41.3 Å². The quantitative estimate of drug-likeness (QED) is 0.483. The molecule has 8 nitrogen and oxygen atoms in total. The third kappa shape index (κ3) is 14.6. The smallest absolute Gasteiger partial charge is 0.355 e. The molecule has 0 heterocycles. The molecule has 0 rings (SSSR count). The van der Waals surface area contributed by atoms with E-state index in [0.717, 1.165) is 0 Å². The van der Waals surface area contributed by atoms with E-state index < -0.39 is 6.04 Å². The fourth-order valence-electron chi connectivity index (χ4n) is 2.46. The lowest BCUT2D eigenvalue weighted by molar-refractivity contribution is -0.191. The van der Waals surface area contributed by atoms with Crippen LogP contribution in [0, 0.1) is 11.8 Å². The zero-order valence-electron chi connectivity index (χ0n) is 18.4. The van der Waals surface area contributed by atoms with E-state index in [1.165, 1.54) is 0 Å². The molecular weight excluding hydrogens is 396 g/mol. The molecule has 2 N–H and O–H groups in total. The summed E-state index contributed by atoms with van der Waals surface area (Å²) in [7, 11) is 0. The minimum atomic E-state index is -0.643. The van der Waals surface area contributed by atoms with Crippen molar-refractivity contribution in [3.8, 4) is 0 Å². The molecule has 0 fully saturated rings. The molecule has 0 saturated carbocycles. The minimum absolute atomic E-state index is 0.0491. The maximum atomic E-state index is 12.2. The van der Waals surface area contributed by atoms with Gasteiger partial charge in [-0.3, -0.25) is 19.2 Å². The Morgan fingerprint density at radius 3 is 1.90 bits per heavy atom. The molecule has 9 heteroatoms. The number of thioether (sulfide) groups is 1. The number of nitrogens with one attached hydrogen (secondary N) is 2. The Hall–Kier alpha value is -1.99. The van der Waals surface area contributed by atoms with Gasteiger partial charge in [0.05, 0.1) is 11.3 Å². The Morgan fingerprint density at radius 1 is 0.931 bits per heavy atom. The molecule has 166 valence electrons. The SMILES string of the molecule is CC(C)SC(C)C(=O)NCCC(=O)N[C@@H](C)C(=O)C[C@@H](C)C(=O)C(C)C.O=C=O. The van der Waals surface area contributed by atoms with Crippen LogP contribution < -0.4 is 10.6 Å². The highest BCUT2D eigenvalue weighted by atomic mass is 32.2. The average molecular weight is 431 g/mol. The first-order valence-electron chi connectivity index (χ1n) is 9.65. The van der Waals surface area contributed by atoms with Gasteiger partial charge in [-0.05, 0) is 19.1 Å². The van der Waals surface area contributed by atoms with Gasteiger partial charge < -0.3 is 10.6 Å². The first kappa shape index (κ1) is 29.2. The topological polar surface area (TPSA) is 126 Å². The van der Waals surface area contributed by atoms with Gasteiger partial charge in [0.1, 0.15) is 5.78 Å². The third-order valence-corrected chi connectivity index (χ3v) is 5.09. The zero-order chi connectivity index (χ0) is 23.1. The van der Waals surface area contributed by atoms with E-state index in [1.54, 1.807) is 25.6 Å². The van der Waals surface area contributed by atoms with E-state index in [0.29, 0.717) is 5.25 Å². The second kappa shape index (κ2) is 15.9. The summed E-state index contributed by atoms with van der Waals surface area (Å²) in [6.07, 6.45) is 0.488. The maximum Gasteiger partial charge on any atom is 0.373 e. The van der Waals surface area contributed by atoms with Crippen molar-refractivity contribution in [3.05, 3.63) is 0 Å². The second-order valence-corrected chi connectivity index (χ2v) is 9.29. The van der Waals surface area contributed by atoms with Crippen LogP contribution >= 0.6 is 11.8 Å². The van der Waals surface area contributed by atoms with Crippen LogP contribution in [0.1, 0.15) is 61.3 Å². The van der Waals surface area contributed by atoms with E-state index in [-0.39, 0.29) is 66.0 Å². The van der Waals surface area contributed by atoms with Gasteiger partial charge in [0, 0.05) is 31.2 Å². The zero-order valence-corrected chi connectivity index (χ0v) is 19.2. The molecule has 0 aromatic carbocycles. The number of hydrogen-bond acceptors (Lipinski definition) is 7. The molecule has 3 atom stereocenters.